The summed E-state index contributed by atoms with van der Waals surface area (Å²) in [5.74, 6) is 0.177. The zero-order chi connectivity index (χ0) is 33.9. The monoisotopic (exact) mass is 690 g/mol. The largest absolute Gasteiger partial charge is 0.331 e. The molecule has 0 saturated heterocycles. The third-order valence-electron chi connectivity index (χ3n) is 11.8. The Morgan fingerprint density at radius 2 is 1.59 bits per heavy atom. The van der Waals surface area contributed by atoms with Crippen molar-refractivity contribution in [2.45, 2.75) is 37.1 Å². The highest BCUT2D eigenvalue weighted by atomic mass is 32.1. The van der Waals surface area contributed by atoms with Crippen LogP contribution in [0.1, 0.15) is 47.8 Å². The van der Waals surface area contributed by atoms with Crippen LogP contribution < -0.4 is 4.90 Å². The smallest absolute Gasteiger partial charge is 0.0761 e. The van der Waals surface area contributed by atoms with Crippen LogP contribution in [0, 0.1) is 0 Å². The Morgan fingerprint density at radius 1 is 0.765 bits per heavy atom. The quantitative estimate of drug-likeness (QED) is 0.183. The standard InChI is InChI=1S/C47H34N2S2/c1-46(23-10-17-37-35-14-4-6-20-41(35)51-45(37)46)31-26-30(33-15-9-16-36-34-13-3-5-19-40(34)50-44(33)36)27-32(28-31)49-39-22-21-29-12-11-25-48-43(29)42(39)38-18-7-8-24-47(38,49)2/h3-22,24-28,38H,23H2,1-2H3. The van der Waals surface area contributed by atoms with Crippen molar-refractivity contribution >= 4 is 81.3 Å². The number of thiophene rings is 2. The topological polar surface area (TPSA) is 16.1 Å². The Hall–Kier alpha value is -5.29. The number of nitrogens with zero attached hydrogens (tertiary/aromatic N) is 2. The molecule has 0 spiro atoms. The summed E-state index contributed by atoms with van der Waals surface area (Å²) in [7, 11) is 0. The van der Waals surface area contributed by atoms with E-state index in [2.05, 4.69) is 158 Å². The van der Waals surface area contributed by atoms with Crippen LogP contribution in [-0.2, 0) is 5.41 Å². The highest BCUT2D eigenvalue weighted by molar-refractivity contribution is 7.26. The predicted octanol–water partition coefficient (Wildman–Crippen LogP) is 13.3. The van der Waals surface area contributed by atoms with Crippen LogP contribution in [0.15, 0.2) is 146 Å². The van der Waals surface area contributed by atoms with Gasteiger partial charge in [-0.1, -0.05) is 116 Å². The molecule has 51 heavy (non-hydrogen) atoms. The van der Waals surface area contributed by atoms with E-state index in [0.717, 1.165) is 11.9 Å². The number of allylic oxidation sites excluding steroid dienone is 3. The van der Waals surface area contributed by atoms with E-state index in [1.165, 1.54) is 79.7 Å². The van der Waals surface area contributed by atoms with Gasteiger partial charge < -0.3 is 4.90 Å². The first-order valence-electron chi connectivity index (χ1n) is 17.8. The van der Waals surface area contributed by atoms with Gasteiger partial charge in [0.05, 0.1) is 11.1 Å². The number of rotatable bonds is 3. The minimum Gasteiger partial charge on any atom is -0.331 e. The van der Waals surface area contributed by atoms with E-state index < -0.39 is 0 Å². The molecule has 3 unspecified atom stereocenters. The Morgan fingerprint density at radius 3 is 2.49 bits per heavy atom. The highest BCUT2D eigenvalue weighted by Crippen LogP contribution is 2.57. The second-order valence-electron chi connectivity index (χ2n) is 14.7. The third kappa shape index (κ3) is 4.06. The summed E-state index contributed by atoms with van der Waals surface area (Å²) in [5.41, 5.74) is 9.68. The Kier molecular flexibility index (Phi) is 6.13. The molecular weight excluding hydrogens is 657 g/mol. The van der Waals surface area contributed by atoms with Crippen LogP contribution in [0.2, 0.25) is 0 Å². The highest BCUT2D eigenvalue weighted by Gasteiger charge is 2.48. The van der Waals surface area contributed by atoms with Gasteiger partial charge in [-0.2, -0.15) is 0 Å². The summed E-state index contributed by atoms with van der Waals surface area (Å²) in [6.07, 6.45) is 16.9. The maximum absolute atomic E-state index is 4.98. The molecule has 2 nitrogen and oxygen atoms in total. The van der Waals surface area contributed by atoms with Gasteiger partial charge in [0.2, 0.25) is 0 Å². The lowest BCUT2D eigenvalue weighted by Gasteiger charge is -2.40. The summed E-state index contributed by atoms with van der Waals surface area (Å²) in [4.78, 5) is 9.05. The molecule has 0 amide bonds. The van der Waals surface area contributed by atoms with E-state index >= 15 is 0 Å². The van der Waals surface area contributed by atoms with E-state index in [9.17, 15) is 0 Å². The SMILES string of the molecule is CC1(c2cc(-c3cccc4c3sc3ccccc34)cc(N3c4ccc5cccnc5c4C4C=CC=CC43C)c2)CC=Cc2c1sc1ccccc21. The van der Waals surface area contributed by atoms with Gasteiger partial charge in [0.25, 0.3) is 0 Å². The molecule has 4 heterocycles. The first-order chi connectivity index (χ1) is 25.0. The Labute approximate surface area is 305 Å². The molecule has 8 aromatic rings. The zero-order valence-electron chi connectivity index (χ0n) is 28.4. The molecule has 244 valence electrons. The maximum atomic E-state index is 4.98. The molecule has 5 aromatic carbocycles. The first kappa shape index (κ1) is 29.4. The zero-order valence-corrected chi connectivity index (χ0v) is 30.1. The summed E-state index contributed by atoms with van der Waals surface area (Å²) in [6.45, 7) is 4.87. The van der Waals surface area contributed by atoms with Gasteiger partial charge in [0.1, 0.15) is 0 Å². The molecule has 11 rings (SSSR count). The first-order valence-corrected chi connectivity index (χ1v) is 19.4. The van der Waals surface area contributed by atoms with Crippen LogP contribution in [0.25, 0.3) is 58.4 Å². The van der Waals surface area contributed by atoms with Crippen molar-refractivity contribution in [2.24, 2.45) is 0 Å². The lowest BCUT2D eigenvalue weighted by atomic mass is 9.73. The number of hydrogen-bond donors (Lipinski definition) is 0. The maximum Gasteiger partial charge on any atom is 0.0761 e. The lowest BCUT2D eigenvalue weighted by molar-refractivity contribution is 0.541. The molecule has 4 heteroatoms. The summed E-state index contributed by atoms with van der Waals surface area (Å²) >= 11 is 3.87. The molecule has 0 N–H and O–H groups in total. The van der Waals surface area contributed by atoms with Crippen molar-refractivity contribution in [1.82, 2.24) is 4.98 Å². The predicted molar refractivity (Wildman–Crippen MR) is 220 cm³/mol. The van der Waals surface area contributed by atoms with Crippen LogP contribution in [0.3, 0.4) is 0 Å². The number of benzene rings is 5. The molecule has 3 atom stereocenters. The van der Waals surface area contributed by atoms with Gasteiger partial charge in [-0.25, -0.2) is 0 Å². The number of hydrogen-bond acceptors (Lipinski definition) is 4. The van der Waals surface area contributed by atoms with Crippen molar-refractivity contribution in [2.75, 3.05) is 4.90 Å². The van der Waals surface area contributed by atoms with Crippen molar-refractivity contribution in [3.05, 3.63) is 167 Å². The molecule has 1 aliphatic heterocycles. The normalized spacial score (nSPS) is 21.9. The van der Waals surface area contributed by atoms with E-state index in [0.29, 0.717) is 0 Å². The fourth-order valence-electron chi connectivity index (χ4n) is 9.25. The van der Waals surface area contributed by atoms with Gasteiger partial charge >= 0.3 is 0 Å². The molecular formula is C47H34N2S2. The minimum absolute atomic E-state index is 0.177. The van der Waals surface area contributed by atoms with Crippen molar-refractivity contribution < 1.29 is 0 Å². The summed E-state index contributed by atoms with van der Waals surface area (Å²) in [5, 5.41) is 5.20. The number of anilines is 2. The Balaban J connectivity index is 1.21. The summed E-state index contributed by atoms with van der Waals surface area (Å²) < 4.78 is 4.03. The Bertz CT molecular complexity index is 2850. The number of pyridine rings is 1. The average Bonchev–Trinajstić information content (AvgIpc) is 3.83. The second-order valence-corrected chi connectivity index (χ2v) is 16.8. The van der Waals surface area contributed by atoms with E-state index in [4.69, 9.17) is 4.98 Å². The fraction of sp³-hybridized carbons (Fsp3) is 0.128. The van der Waals surface area contributed by atoms with Crippen LogP contribution in [-0.4, -0.2) is 10.5 Å². The number of aromatic nitrogens is 1. The van der Waals surface area contributed by atoms with Gasteiger partial charge in [-0.3, -0.25) is 4.98 Å². The van der Waals surface area contributed by atoms with Crippen LogP contribution >= 0.6 is 22.7 Å². The average molecular weight is 691 g/mol. The molecule has 2 aliphatic carbocycles. The van der Waals surface area contributed by atoms with Crippen LogP contribution in [0.4, 0.5) is 11.4 Å². The van der Waals surface area contributed by atoms with Gasteiger partial charge in [0.15, 0.2) is 0 Å². The van der Waals surface area contributed by atoms with E-state index in [-0.39, 0.29) is 16.9 Å². The van der Waals surface area contributed by atoms with Gasteiger partial charge in [-0.15, -0.1) is 22.7 Å². The lowest BCUT2D eigenvalue weighted by Crippen LogP contribution is -2.42. The molecule has 0 radical (unpaired) electrons. The molecule has 3 aromatic heterocycles. The van der Waals surface area contributed by atoms with E-state index in [1.54, 1.807) is 0 Å². The molecule has 0 bridgehead atoms. The van der Waals surface area contributed by atoms with Crippen LogP contribution in [0.5, 0.6) is 0 Å². The minimum atomic E-state index is -0.293. The third-order valence-corrected chi connectivity index (χ3v) is 14.4. The van der Waals surface area contributed by atoms with Crippen molar-refractivity contribution in [3.8, 4) is 11.1 Å². The fourth-order valence-corrected chi connectivity index (χ4v) is 11.9. The second kappa shape index (κ2) is 10.6. The van der Waals surface area contributed by atoms with E-state index in [1.807, 2.05) is 34.9 Å². The molecule has 0 fully saturated rings. The van der Waals surface area contributed by atoms with Gasteiger partial charge in [0, 0.05) is 69.6 Å². The van der Waals surface area contributed by atoms with Gasteiger partial charge in [-0.05, 0) is 77.4 Å². The molecule has 3 aliphatic rings. The van der Waals surface area contributed by atoms with Crippen molar-refractivity contribution in [3.63, 3.8) is 0 Å². The summed E-state index contributed by atoms with van der Waals surface area (Å²) in [6, 6.07) is 40.9. The number of fused-ring (bicyclic) bond motifs is 11. The van der Waals surface area contributed by atoms with Crippen molar-refractivity contribution in [1.29, 1.82) is 0 Å². The molecule has 0 saturated carbocycles.